The average Bonchev–Trinajstić information content (AvgIpc) is 3.03. The normalized spacial score (nSPS) is 11.1. The van der Waals surface area contributed by atoms with Crippen LogP contribution < -0.4 is 20.3 Å². The minimum Gasteiger partial charge on any atom is -0.505 e. The van der Waals surface area contributed by atoms with Crippen LogP contribution in [0.4, 0.5) is 28.7 Å². The monoisotopic (exact) mass is 655 g/mol. The van der Waals surface area contributed by atoms with E-state index in [2.05, 4.69) is 41.4 Å². The van der Waals surface area contributed by atoms with E-state index in [1.807, 2.05) is 24.3 Å². The van der Waals surface area contributed by atoms with Crippen LogP contribution in [0.1, 0.15) is 47.1 Å². The number of anilines is 5. The summed E-state index contributed by atoms with van der Waals surface area (Å²) in [7, 11) is 1.69. The number of phenols is 1. The number of hydrogen-bond acceptors (Lipinski definition) is 8. The number of para-hydroxylation sites is 2. The van der Waals surface area contributed by atoms with E-state index in [9.17, 15) is 14.7 Å². The molecule has 5 aromatic rings. The van der Waals surface area contributed by atoms with Crippen molar-refractivity contribution in [2.24, 2.45) is 0 Å². The lowest BCUT2D eigenvalue weighted by Crippen LogP contribution is -2.20. The molecule has 0 radical (unpaired) electrons. The molecule has 234 valence electrons. The van der Waals surface area contributed by atoms with Crippen LogP contribution in [0.15, 0.2) is 97.3 Å². The molecule has 0 spiro atoms. The number of carbonyl (C=O) groups is 2. The van der Waals surface area contributed by atoms with Crippen molar-refractivity contribution in [1.29, 1.82) is 0 Å². The first-order valence-electron chi connectivity index (χ1n) is 14.2. The number of halogens is 2. The summed E-state index contributed by atoms with van der Waals surface area (Å²) >= 11 is 12.7. The molecule has 0 saturated carbocycles. The van der Waals surface area contributed by atoms with Crippen LogP contribution in [0.2, 0.25) is 10.0 Å². The second-order valence-electron chi connectivity index (χ2n) is 11.4. The molecule has 0 aliphatic heterocycles. The minimum absolute atomic E-state index is 0.0577. The zero-order valence-corrected chi connectivity index (χ0v) is 27.0. The molecular weight excluding hydrogens is 625 g/mol. The smallest absolute Gasteiger partial charge is 0.347 e. The van der Waals surface area contributed by atoms with Crippen LogP contribution in [0.25, 0.3) is 0 Å². The fourth-order valence-electron chi connectivity index (χ4n) is 4.63. The van der Waals surface area contributed by atoms with Crippen LogP contribution >= 0.6 is 23.2 Å². The number of carbonyl (C=O) groups excluding carboxylic acids is 2. The Kier molecular flexibility index (Phi) is 9.46. The lowest BCUT2D eigenvalue weighted by atomic mass is 9.87. The van der Waals surface area contributed by atoms with Gasteiger partial charge in [0.2, 0.25) is 0 Å². The number of ether oxygens (including phenoxy) is 1. The van der Waals surface area contributed by atoms with Gasteiger partial charge in [0.05, 0.1) is 27.0 Å². The first-order chi connectivity index (χ1) is 21.9. The van der Waals surface area contributed by atoms with Crippen LogP contribution in [-0.2, 0) is 5.41 Å². The van der Waals surface area contributed by atoms with Gasteiger partial charge < -0.3 is 25.4 Å². The zero-order valence-electron chi connectivity index (χ0n) is 25.5. The average molecular weight is 657 g/mol. The van der Waals surface area contributed by atoms with Gasteiger partial charge in [0, 0.05) is 25.1 Å². The molecule has 1 amide bonds. The highest BCUT2D eigenvalue weighted by Crippen LogP contribution is 2.39. The van der Waals surface area contributed by atoms with Gasteiger partial charge in [0.15, 0.2) is 17.3 Å². The zero-order chi connectivity index (χ0) is 33.0. The second-order valence-corrected chi connectivity index (χ2v) is 12.2. The Morgan fingerprint density at radius 2 is 1.48 bits per heavy atom. The predicted molar refractivity (Wildman–Crippen MR) is 182 cm³/mol. The Hall–Kier alpha value is -5.12. The number of amides is 1. The summed E-state index contributed by atoms with van der Waals surface area (Å²) in [6, 6.07) is 23.6. The number of nitrogens with one attached hydrogen (secondary N) is 2. The van der Waals surface area contributed by atoms with Gasteiger partial charge in [-0.25, -0.2) is 14.8 Å². The Morgan fingerprint density at radius 1 is 0.826 bits per heavy atom. The topological polar surface area (TPSA) is 117 Å². The third-order valence-electron chi connectivity index (χ3n) is 7.13. The van der Waals surface area contributed by atoms with Gasteiger partial charge >= 0.3 is 5.97 Å². The first kappa shape index (κ1) is 32.3. The summed E-state index contributed by atoms with van der Waals surface area (Å²) in [5.41, 5.74) is 2.03. The number of esters is 1. The first-order valence-corrected chi connectivity index (χ1v) is 15.0. The summed E-state index contributed by atoms with van der Waals surface area (Å²) in [6.45, 7) is 6.32. The standard InChI is InChI=1S/C35H31Cl2N5O4/c1-35(2,3)21-15-17-22(18-16-21)40-33(44)24-10-6-14-28(42(4)32-26(37)12-8-20-39-32)30(24)46-34(45)23-9-5-13-27(29(23)43)41-31-25(36)11-7-19-38-31/h5-20,43H,1-4H3,(H,38,41)(H,40,44). The molecule has 0 unspecified atom stereocenters. The molecule has 0 aliphatic carbocycles. The highest BCUT2D eigenvalue weighted by molar-refractivity contribution is 6.33. The van der Waals surface area contributed by atoms with Crippen LogP contribution in [0, 0.1) is 0 Å². The van der Waals surface area contributed by atoms with E-state index in [-0.39, 0.29) is 28.0 Å². The number of aromatic hydroxyl groups is 1. The molecule has 2 heterocycles. The highest BCUT2D eigenvalue weighted by Gasteiger charge is 2.26. The van der Waals surface area contributed by atoms with Gasteiger partial charge in [-0.05, 0) is 71.6 Å². The largest absolute Gasteiger partial charge is 0.505 e. The molecule has 9 nitrogen and oxygen atoms in total. The maximum Gasteiger partial charge on any atom is 0.347 e. The highest BCUT2D eigenvalue weighted by atomic mass is 35.5. The number of hydrogen-bond donors (Lipinski definition) is 3. The molecule has 2 aromatic heterocycles. The summed E-state index contributed by atoms with van der Waals surface area (Å²) in [5, 5.41) is 17.6. The number of phenolic OH excluding ortho intramolecular Hbond substituents is 1. The molecule has 0 saturated heterocycles. The number of nitrogens with zero attached hydrogens (tertiary/aromatic N) is 3. The van der Waals surface area contributed by atoms with Crippen molar-refractivity contribution >= 4 is 63.8 Å². The van der Waals surface area contributed by atoms with Gasteiger partial charge in [-0.3, -0.25) is 4.79 Å². The van der Waals surface area contributed by atoms with Gasteiger partial charge in [-0.2, -0.15) is 0 Å². The van der Waals surface area contributed by atoms with Gasteiger partial charge in [0.25, 0.3) is 5.91 Å². The Labute approximate surface area is 276 Å². The van der Waals surface area contributed by atoms with Gasteiger partial charge in [-0.15, -0.1) is 0 Å². The number of aromatic nitrogens is 2. The summed E-state index contributed by atoms with van der Waals surface area (Å²) in [4.78, 5) is 37.6. The minimum atomic E-state index is -0.912. The molecule has 3 N–H and O–H groups in total. The van der Waals surface area contributed by atoms with Crippen molar-refractivity contribution in [3.63, 3.8) is 0 Å². The van der Waals surface area contributed by atoms with E-state index in [0.29, 0.717) is 33.1 Å². The summed E-state index contributed by atoms with van der Waals surface area (Å²) in [5.74, 6) is -1.22. The van der Waals surface area contributed by atoms with E-state index in [1.54, 1.807) is 72.7 Å². The molecular formula is C35H31Cl2N5O4. The van der Waals surface area contributed by atoms with Gasteiger partial charge in [-0.1, -0.05) is 68.2 Å². The van der Waals surface area contributed by atoms with E-state index < -0.39 is 17.6 Å². The van der Waals surface area contributed by atoms with E-state index in [1.165, 1.54) is 12.3 Å². The fraction of sp³-hybridized carbons (Fsp3) is 0.143. The van der Waals surface area contributed by atoms with E-state index in [4.69, 9.17) is 27.9 Å². The molecule has 0 fully saturated rings. The van der Waals surface area contributed by atoms with E-state index in [0.717, 1.165) is 5.56 Å². The predicted octanol–water partition coefficient (Wildman–Crippen LogP) is 8.77. The van der Waals surface area contributed by atoms with Crippen LogP contribution in [-0.4, -0.2) is 34.0 Å². The Balaban J connectivity index is 1.52. The molecule has 11 heteroatoms. The second kappa shape index (κ2) is 13.5. The van der Waals surface area contributed by atoms with Gasteiger partial charge in [0.1, 0.15) is 11.4 Å². The molecule has 5 rings (SSSR count). The number of rotatable bonds is 8. The fourth-order valence-corrected chi connectivity index (χ4v) is 5.04. The van der Waals surface area contributed by atoms with E-state index >= 15 is 0 Å². The quantitative estimate of drug-likeness (QED) is 0.0863. The van der Waals surface area contributed by atoms with Crippen molar-refractivity contribution < 1.29 is 19.4 Å². The summed E-state index contributed by atoms with van der Waals surface area (Å²) in [6.07, 6.45) is 3.11. The summed E-state index contributed by atoms with van der Waals surface area (Å²) < 4.78 is 5.94. The third kappa shape index (κ3) is 7.06. The van der Waals surface area contributed by atoms with Crippen molar-refractivity contribution in [2.45, 2.75) is 26.2 Å². The SMILES string of the molecule is CN(c1cccc(C(=O)Nc2ccc(C(C)(C)C)cc2)c1OC(=O)c1cccc(Nc2ncccc2Cl)c1O)c1ncccc1Cl. The molecule has 3 aromatic carbocycles. The third-order valence-corrected chi connectivity index (χ3v) is 7.73. The lowest BCUT2D eigenvalue weighted by molar-refractivity contribution is 0.0730. The van der Waals surface area contributed by atoms with Crippen molar-refractivity contribution in [2.75, 3.05) is 22.6 Å². The van der Waals surface area contributed by atoms with Crippen LogP contribution in [0.5, 0.6) is 11.5 Å². The van der Waals surface area contributed by atoms with Crippen LogP contribution in [0.3, 0.4) is 0 Å². The molecule has 0 bridgehead atoms. The lowest BCUT2D eigenvalue weighted by Gasteiger charge is -2.23. The maximum absolute atomic E-state index is 13.7. The molecule has 0 atom stereocenters. The molecule has 46 heavy (non-hydrogen) atoms. The van der Waals surface area contributed by atoms with Crippen molar-refractivity contribution in [3.8, 4) is 11.5 Å². The maximum atomic E-state index is 13.7. The number of pyridine rings is 2. The molecule has 0 aliphatic rings. The Morgan fingerprint density at radius 3 is 2.15 bits per heavy atom. The van der Waals surface area contributed by atoms with Crippen molar-refractivity contribution in [3.05, 3.63) is 124 Å². The van der Waals surface area contributed by atoms with Crippen molar-refractivity contribution in [1.82, 2.24) is 9.97 Å². The number of benzene rings is 3. The Bertz CT molecular complexity index is 1910.